The molecule has 190 valence electrons. The highest BCUT2D eigenvalue weighted by Gasteiger charge is 2.40. The van der Waals surface area contributed by atoms with Gasteiger partial charge in [0.05, 0.1) is 23.5 Å². The minimum Gasteiger partial charge on any atom is -0.471 e. The number of aromatic nitrogens is 3. The lowest BCUT2D eigenvalue weighted by Gasteiger charge is -2.20. The van der Waals surface area contributed by atoms with Crippen molar-refractivity contribution < 1.29 is 28.5 Å². The summed E-state index contributed by atoms with van der Waals surface area (Å²) in [5.41, 5.74) is 3.82. The lowest BCUT2D eigenvalue weighted by Crippen LogP contribution is -2.24. The highest BCUT2D eigenvalue weighted by Crippen LogP contribution is 2.35. The van der Waals surface area contributed by atoms with Crippen molar-refractivity contribution in [2.24, 2.45) is 0 Å². The van der Waals surface area contributed by atoms with E-state index in [0.717, 1.165) is 16.6 Å². The number of nitrogens with zero attached hydrogens (tertiary/aromatic N) is 3. The molecule has 0 saturated carbocycles. The van der Waals surface area contributed by atoms with Crippen molar-refractivity contribution in [2.45, 2.75) is 45.3 Å². The molecular formula is C28H27N3O6. The number of hydrogen-bond donors (Lipinski definition) is 0. The number of aryl methyl sites for hydroxylation is 1. The normalized spacial score (nSPS) is 19.0. The molecule has 2 aromatic carbocycles. The molecule has 0 aliphatic carbocycles. The first-order valence-corrected chi connectivity index (χ1v) is 12.0. The fourth-order valence-corrected chi connectivity index (χ4v) is 4.30. The molecule has 0 amide bonds. The second kappa shape index (κ2) is 10.8. The van der Waals surface area contributed by atoms with Gasteiger partial charge in [0.2, 0.25) is 5.88 Å². The molecule has 9 nitrogen and oxygen atoms in total. The minimum atomic E-state index is -0.652. The van der Waals surface area contributed by atoms with E-state index in [1.54, 1.807) is 35.3 Å². The van der Waals surface area contributed by atoms with Gasteiger partial charge in [-0.15, -0.1) is 0 Å². The van der Waals surface area contributed by atoms with Crippen LogP contribution in [0.15, 0.2) is 73.2 Å². The van der Waals surface area contributed by atoms with Crippen LogP contribution >= 0.6 is 0 Å². The maximum absolute atomic E-state index is 12.5. The second-order valence-corrected chi connectivity index (χ2v) is 8.91. The quantitative estimate of drug-likeness (QED) is 0.328. The lowest BCUT2D eigenvalue weighted by atomic mass is 10.1. The molecule has 0 N–H and O–H groups in total. The maximum atomic E-state index is 12.5. The van der Waals surface area contributed by atoms with E-state index in [9.17, 15) is 9.59 Å². The van der Waals surface area contributed by atoms with E-state index >= 15 is 0 Å². The first kappa shape index (κ1) is 24.5. The summed E-state index contributed by atoms with van der Waals surface area (Å²) >= 11 is 0. The Labute approximate surface area is 214 Å². The van der Waals surface area contributed by atoms with Crippen molar-refractivity contribution in [3.05, 3.63) is 89.9 Å². The summed E-state index contributed by atoms with van der Waals surface area (Å²) in [6.45, 7) is 3.68. The Morgan fingerprint density at radius 1 is 1.05 bits per heavy atom. The van der Waals surface area contributed by atoms with E-state index < -0.39 is 30.4 Å². The third-order valence-electron chi connectivity index (χ3n) is 6.10. The SMILES string of the molecule is CC(=O)O[C@@H]1C[C@@H](COC(=O)c2ccc(C)cc2)O[C@H]1n1cnc2c(OCc3ccccc3)nccc21. The van der Waals surface area contributed by atoms with E-state index in [0.29, 0.717) is 30.0 Å². The summed E-state index contributed by atoms with van der Waals surface area (Å²) in [6, 6.07) is 18.7. The van der Waals surface area contributed by atoms with Gasteiger partial charge in [-0.25, -0.2) is 14.8 Å². The number of esters is 2. The third-order valence-corrected chi connectivity index (χ3v) is 6.10. The predicted molar refractivity (Wildman–Crippen MR) is 134 cm³/mol. The lowest BCUT2D eigenvalue weighted by molar-refractivity contribution is -0.152. The zero-order valence-corrected chi connectivity index (χ0v) is 20.6. The largest absolute Gasteiger partial charge is 0.471 e. The number of benzene rings is 2. The van der Waals surface area contributed by atoms with Crippen molar-refractivity contribution in [3.63, 3.8) is 0 Å². The molecule has 37 heavy (non-hydrogen) atoms. The predicted octanol–water partition coefficient (Wildman–Crippen LogP) is 4.39. The molecule has 3 heterocycles. The molecule has 1 aliphatic heterocycles. The average molecular weight is 502 g/mol. The molecule has 1 fully saturated rings. The van der Waals surface area contributed by atoms with E-state index in [2.05, 4.69) is 9.97 Å². The van der Waals surface area contributed by atoms with Gasteiger partial charge in [0.1, 0.15) is 19.3 Å². The molecule has 2 aromatic heterocycles. The summed E-state index contributed by atoms with van der Waals surface area (Å²) < 4.78 is 25.0. The number of imidazole rings is 1. The van der Waals surface area contributed by atoms with Crippen LogP contribution in [0.5, 0.6) is 5.88 Å². The van der Waals surface area contributed by atoms with Crippen LogP contribution in [0.1, 0.15) is 41.1 Å². The summed E-state index contributed by atoms with van der Waals surface area (Å²) in [6.07, 6.45) is 1.92. The number of rotatable bonds is 8. The third kappa shape index (κ3) is 5.62. The maximum Gasteiger partial charge on any atom is 0.338 e. The molecule has 1 saturated heterocycles. The van der Waals surface area contributed by atoms with Crippen LogP contribution in [0.25, 0.3) is 11.0 Å². The van der Waals surface area contributed by atoms with Gasteiger partial charge in [-0.3, -0.25) is 9.36 Å². The monoisotopic (exact) mass is 501 g/mol. The Bertz CT molecular complexity index is 1390. The first-order valence-electron chi connectivity index (χ1n) is 12.0. The van der Waals surface area contributed by atoms with Gasteiger partial charge in [-0.2, -0.15) is 0 Å². The molecule has 0 radical (unpaired) electrons. The van der Waals surface area contributed by atoms with Crippen molar-refractivity contribution in [2.75, 3.05) is 6.61 Å². The number of carbonyl (C=O) groups is 2. The zero-order valence-electron chi connectivity index (χ0n) is 20.6. The minimum absolute atomic E-state index is 0.0284. The van der Waals surface area contributed by atoms with Crippen LogP contribution in [0.2, 0.25) is 0 Å². The first-order chi connectivity index (χ1) is 18.0. The van der Waals surface area contributed by atoms with Gasteiger partial charge in [0.25, 0.3) is 0 Å². The van der Waals surface area contributed by atoms with Crippen LogP contribution in [-0.4, -0.2) is 45.3 Å². The van der Waals surface area contributed by atoms with Gasteiger partial charge < -0.3 is 18.9 Å². The smallest absolute Gasteiger partial charge is 0.338 e. The zero-order chi connectivity index (χ0) is 25.8. The number of hydrogen-bond acceptors (Lipinski definition) is 8. The Kier molecular flexibility index (Phi) is 7.14. The number of carbonyl (C=O) groups excluding carboxylic acids is 2. The van der Waals surface area contributed by atoms with Crippen LogP contribution in [0.4, 0.5) is 0 Å². The molecule has 0 bridgehead atoms. The van der Waals surface area contributed by atoms with E-state index in [1.165, 1.54) is 6.92 Å². The van der Waals surface area contributed by atoms with E-state index in [1.807, 2.05) is 49.4 Å². The highest BCUT2D eigenvalue weighted by atomic mass is 16.6. The summed E-state index contributed by atoms with van der Waals surface area (Å²) in [7, 11) is 0. The summed E-state index contributed by atoms with van der Waals surface area (Å²) in [5, 5.41) is 0. The number of pyridine rings is 1. The molecule has 4 aromatic rings. The Morgan fingerprint density at radius 2 is 1.84 bits per heavy atom. The van der Waals surface area contributed by atoms with Crippen molar-refractivity contribution >= 4 is 23.0 Å². The second-order valence-electron chi connectivity index (χ2n) is 8.91. The van der Waals surface area contributed by atoms with Gasteiger partial charge in [-0.1, -0.05) is 48.0 Å². The molecule has 0 unspecified atom stereocenters. The topological polar surface area (TPSA) is 102 Å². The molecular weight excluding hydrogens is 474 g/mol. The van der Waals surface area contributed by atoms with Crippen molar-refractivity contribution in [1.29, 1.82) is 0 Å². The van der Waals surface area contributed by atoms with Crippen LogP contribution in [0.3, 0.4) is 0 Å². The van der Waals surface area contributed by atoms with Gasteiger partial charge in [-0.05, 0) is 30.7 Å². The summed E-state index contributed by atoms with van der Waals surface area (Å²) in [4.78, 5) is 33.1. The highest BCUT2D eigenvalue weighted by molar-refractivity contribution is 5.89. The van der Waals surface area contributed by atoms with Crippen LogP contribution < -0.4 is 4.74 Å². The Balaban J connectivity index is 1.31. The van der Waals surface area contributed by atoms with Crippen molar-refractivity contribution in [3.8, 4) is 5.88 Å². The van der Waals surface area contributed by atoms with Gasteiger partial charge in [0, 0.05) is 19.5 Å². The average Bonchev–Trinajstić information content (AvgIpc) is 3.50. The fraction of sp³-hybridized carbons (Fsp3) is 0.286. The van der Waals surface area contributed by atoms with Crippen LogP contribution in [0, 0.1) is 6.92 Å². The van der Waals surface area contributed by atoms with E-state index in [-0.39, 0.29) is 6.61 Å². The Morgan fingerprint density at radius 3 is 2.59 bits per heavy atom. The number of ether oxygens (including phenoxy) is 4. The molecule has 3 atom stereocenters. The summed E-state index contributed by atoms with van der Waals surface area (Å²) in [5.74, 6) is -0.463. The molecule has 1 aliphatic rings. The Hall–Kier alpha value is -4.24. The van der Waals surface area contributed by atoms with E-state index in [4.69, 9.17) is 18.9 Å². The molecule has 0 spiro atoms. The standard InChI is InChI=1S/C28H27N3O6/c1-18-8-10-21(11-9-18)28(33)35-16-22-14-24(36-19(2)32)27(37-22)31-17-30-25-23(31)12-13-29-26(25)34-15-20-6-4-3-5-7-20/h3-13,17,22,24,27H,14-16H2,1-2H3/t22-,24+,27+/m0/s1. The van der Waals surface area contributed by atoms with Crippen LogP contribution in [-0.2, 0) is 25.6 Å². The molecule has 5 rings (SSSR count). The van der Waals surface area contributed by atoms with Gasteiger partial charge >= 0.3 is 11.9 Å². The fourth-order valence-electron chi connectivity index (χ4n) is 4.30. The van der Waals surface area contributed by atoms with Gasteiger partial charge in [0.15, 0.2) is 11.7 Å². The molecule has 9 heteroatoms. The van der Waals surface area contributed by atoms with Crippen molar-refractivity contribution in [1.82, 2.24) is 14.5 Å². The number of fused-ring (bicyclic) bond motifs is 1.